The van der Waals surface area contributed by atoms with Crippen molar-refractivity contribution in [2.75, 3.05) is 39.1 Å². The Balaban J connectivity index is 2.28. The summed E-state index contributed by atoms with van der Waals surface area (Å²) in [6.45, 7) is 7.34. The van der Waals surface area contributed by atoms with Gasteiger partial charge in [-0.3, -0.25) is 0 Å². The molecule has 0 saturated carbocycles. The van der Waals surface area contributed by atoms with Crippen molar-refractivity contribution in [3.05, 3.63) is 22.9 Å². The fourth-order valence-electron chi connectivity index (χ4n) is 2.86. The van der Waals surface area contributed by atoms with Crippen LogP contribution in [0.5, 0.6) is 0 Å². The van der Waals surface area contributed by atoms with Gasteiger partial charge in [0, 0.05) is 36.9 Å². The average Bonchev–Trinajstić information content (AvgIpc) is 2.81. The van der Waals surface area contributed by atoms with Gasteiger partial charge in [-0.2, -0.15) is 0 Å². The number of aromatic nitrogens is 1. The van der Waals surface area contributed by atoms with Gasteiger partial charge in [0.15, 0.2) is 0 Å². The Morgan fingerprint density at radius 3 is 2.74 bits per heavy atom. The van der Waals surface area contributed by atoms with Crippen LogP contribution in [-0.2, 0) is 6.54 Å². The Labute approximate surface area is 116 Å². The highest BCUT2D eigenvalue weighted by molar-refractivity contribution is 5.52. The Morgan fingerprint density at radius 2 is 2.16 bits per heavy atom. The van der Waals surface area contributed by atoms with E-state index in [0.717, 1.165) is 25.3 Å². The number of anilines is 1. The van der Waals surface area contributed by atoms with Crippen LogP contribution in [0.2, 0.25) is 0 Å². The lowest BCUT2D eigenvalue weighted by Crippen LogP contribution is -2.32. The van der Waals surface area contributed by atoms with Gasteiger partial charge in [-0.1, -0.05) is 0 Å². The van der Waals surface area contributed by atoms with E-state index in [4.69, 9.17) is 4.98 Å². The van der Waals surface area contributed by atoms with E-state index in [9.17, 15) is 0 Å². The van der Waals surface area contributed by atoms with E-state index in [1.165, 1.54) is 23.4 Å². The second kappa shape index (κ2) is 5.88. The molecule has 19 heavy (non-hydrogen) atoms. The fraction of sp³-hybridized carbons (Fsp3) is 0.667. The SMILES string of the molecule is CNCc1c(C)cc(C)nc1N1CCC(N(C)C)C1. The molecule has 2 heterocycles. The third kappa shape index (κ3) is 3.07. The van der Waals surface area contributed by atoms with Crippen molar-refractivity contribution in [1.29, 1.82) is 0 Å². The molecule has 0 spiro atoms. The molecule has 1 aromatic rings. The lowest BCUT2D eigenvalue weighted by molar-refractivity contribution is 0.315. The summed E-state index contributed by atoms with van der Waals surface area (Å²) in [6, 6.07) is 2.82. The third-order valence-electron chi connectivity index (χ3n) is 4.00. The van der Waals surface area contributed by atoms with E-state index in [1.54, 1.807) is 0 Å². The minimum Gasteiger partial charge on any atom is -0.355 e. The average molecular weight is 262 g/mol. The summed E-state index contributed by atoms with van der Waals surface area (Å²) >= 11 is 0. The standard InChI is InChI=1S/C15H26N4/c1-11-8-12(2)17-15(14(11)9-16-3)19-7-6-13(10-19)18(4)5/h8,13,16H,6-7,9-10H2,1-5H3. The molecule has 1 fully saturated rings. The lowest BCUT2D eigenvalue weighted by atomic mass is 10.1. The third-order valence-corrected chi connectivity index (χ3v) is 4.00. The van der Waals surface area contributed by atoms with Gasteiger partial charge in [-0.15, -0.1) is 0 Å². The molecule has 1 atom stereocenters. The minimum absolute atomic E-state index is 0.644. The van der Waals surface area contributed by atoms with Crippen LogP contribution in [0.1, 0.15) is 23.2 Å². The highest BCUT2D eigenvalue weighted by Gasteiger charge is 2.26. The highest BCUT2D eigenvalue weighted by Crippen LogP contribution is 2.26. The Bertz CT molecular complexity index is 442. The van der Waals surface area contributed by atoms with Crippen molar-refractivity contribution >= 4 is 5.82 Å². The first-order chi connectivity index (χ1) is 9.02. The molecular formula is C15H26N4. The zero-order valence-electron chi connectivity index (χ0n) is 12.8. The van der Waals surface area contributed by atoms with Crippen LogP contribution in [0.3, 0.4) is 0 Å². The largest absolute Gasteiger partial charge is 0.355 e. The summed E-state index contributed by atoms with van der Waals surface area (Å²) in [7, 11) is 6.32. The van der Waals surface area contributed by atoms with Crippen molar-refractivity contribution in [2.24, 2.45) is 0 Å². The number of nitrogens with one attached hydrogen (secondary N) is 1. The summed E-state index contributed by atoms with van der Waals surface area (Å²) in [5, 5.41) is 3.27. The second-order valence-electron chi connectivity index (χ2n) is 5.77. The van der Waals surface area contributed by atoms with Gasteiger partial charge < -0.3 is 15.1 Å². The molecule has 1 unspecified atom stereocenters. The first-order valence-electron chi connectivity index (χ1n) is 7.06. The number of hydrogen-bond acceptors (Lipinski definition) is 4. The molecule has 4 nitrogen and oxygen atoms in total. The summed E-state index contributed by atoms with van der Waals surface area (Å²) in [4.78, 5) is 9.56. The normalized spacial score (nSPS) is 19.5. The van der Waals surface area contributed by atoms with Crippen LogP contribution < -0.4 is 10.2 Å². The summed E-state index contributed by atoms with van der Waals surface area (Å²) in [5.74, 6) is 1.18. The molecule has 106 valence electrons. The lowest BCUT2D eigenvalue weighted by Gasteiger charge is -2.24. The summed E-state index contributed by atoms with van der Waals surface area (Å²) in [5.41, 5.74) is 3.79. The molecule has 2 rings (SSSR count). The predicted octanol–water partition coefficient (Wildman–Crippen LogP) is 1.56. The van der Waals surface area contributed by atoms with Gasteiger partial charge in [0.1, 0.15) is 5.82 Å². The van der Waals surface area contributed by atoms with Crippen LogP contribution in [0.4, 0.5) is 5.82 Å². The molecule has 1 aliphatic rings. The zero-order chi connectivity index (χ0) is 14.0. The maximum Gasteiger partial charge on any atom is 0.133 e. The smallest absolute Gasteiger partial charge is 0.133 e. The Kier molecular flexibility index (Phi) is 4.42. The number of aryl methyl sites for hydroxylation is 2. The first kappa shape index (κ1) is 14.3. The quantitative estimate of drug-likeness (QED) is 0.892. The molecule has 1 N–H and O–H groups in total. The molecular weight excluding hydrogens is 236 g/mol. The van der Waals surface area contributed by atoms with Crippen LogP contribution in [-0.4, -0.2) is 50.2 Å². The summed E-state index contributed by atoms with van der Waals surface area (Å²) in [6.07, 6.45) is 1.22. The van der Waals surface area contributed by atoms with Gasteiger partial charge in [-0.25, -0.2) is 4.98 Å². The number of hydrogen-bond donors (Lipinski definition) is 1. The van der Waals surface area contributed by atoms with E-state index < -0.39 is 0 Å². The number of nitrogens with zero attached hydrogens (tertiary/aromatic N) is 3. The predicted molar refractivity (Wildman–Crippen MR) is 80.8 cm³/mol. The van der Waals surface area contributed by atoms with Gasteiger partial charge in [0.2, 0.25) is 0 Å². The maximum absolute atomic E-state index is 4.80. The highest BCUT2D eigenvalue weighted by atomic mass is 15.3. The molecule has 4 heteroatoms. The van der Waals surface area contributed by atoms with Crippen LogP contribution in [0.15, 0.2) is 6.07 Å². The van der Waals surface area contributed by atoms with Crippen molar-refractivity contribution in [3.8, 4) is 0 Å². The van der Waals surface area contributed by atoms with Crippen molar-refractivity contribution in [1.82, 2.24) is 15.2 Å². The zero-order valence-corrected chi connectivity index (χ0v) is 12.8. The van der Waals surface area contributed by atoms with Crippen LogP contribution >= 0.6 is 0 Å². The fourth-order valence-corrected chi connectivity index (χ4v) is 2.86. The van der Waals surface area contributed by atoms with E-state index >= 15 is 0 Å². The second-order valence-corrected chi connectivity index (χ2v) is 5.77. The van der Waals surface area contributed by atoms with E-state index in [2.05, 4.69) is 49.1 Å². The van der Waals surface area contributed by atoms with E-state index in [-0.39, 0.29) is 0 Å². The van der Waals surface area contributed by atoms with Gasteiger partial charge in [-0.05, 0) is 53.0 Å². The van der Waals surface area contributed by atoms with Gasteiger partial charge >= 0.3 is 0 Å². The van der Waals surface area contributed by atoms with Crippen molar-refractivity contribution in [2.45, 2.75) is 32.9 Å². The van der Waals surface area contributed by atoms with Gasteiger partial charge in [0.25, 0.3) is 0 Å². The maximum atomic E-state index is 4.80. The summed E-state index contributed by atoms with van der Waals surface area (Å²) < 4.78 is 0. The molecule has 0 radical (unpaired) electrons. The van der Waals surface area contributed by atoms with E-state index in [1.807, 2.05) is 7.05 Å². The van der Waals surface area contributed by atoms with E-state index in [0.29, 0.717) is 6.04 Å². The molecule has 1 aliphatic heterocycles. The monoisotopic (exact) mass is 262 g/mol. The Morgan fingerprint density at radius 1 is 1.42 bits per heavy atom. The molecule has 0 amide bonds. The van der Waals surface area contributed by atoms with Crippen LogP contribution in [0.25, 0.3) is 0 Å². The van der Waals surface area contributed by atoms with Gasteiger partial charge in [0.05, 0.1) is 0 Å². The molecule has 0 bridgehead atoms. The van der Waals surface area contributed by atoms with Crippen molar-refractivity contribution in [3.63, 3.8) is 0 Å². The topological polar surface area (TPSA) is 31.4 Å². The minimum atomic E-state index is 0.644. The van der Waals surface area contributed by atoms with Crippen LogP contribution in [0, 0.1) is 13.8 Å². The van der Waals surface area contributed by atoms with Crippen molar-refractivity contribution < 1.29 is 0 Å². The molecule has 1 saturated heterocycles. The molecule has 1 aromatic heterocycles. The Hall–Kier alpha value is -1.13. The number of rotatable bonds is 4. The first-order valence-corrected chi connectivity index (χ1v) is 7.06. The molecule has 0 aromatic carbocycles. The number of likely N-dealkylation sites (N-methyl/N-ethyl adjacent to an activating group) is 1. The molecule has 0 aliphatic carbocycles. The number of pyridine rings is 1.